The van der Waals surface area contributed by atoms with Crippen LogP contribution in [0.1, 0.15) is 22.0 Å². The van der Waals surface area contributed by atoms with E-state index in [1.54, 1.807) is 30.3 Å². The second kappa shape index (κ2) is 6.77. The van der Waals surface area contributed by atoms with Crippen LogP contribution in [0, 0.1) is 4.77 Å². The molecule has 0 aliphatic carbocycles. The molecule has 0 saturated carbocycles. The zero-order chi connectivity index (χ0) is 17.1. The summed E-state index contributed by atoms with van der Waals surface area (Å²) in [7, 11) is 0. The quantitative estimate of drug-likeness (QED) is 0.546. The third kappa shape index (κ3) is 3.42. The third-order valence-electron chi connectivity index (χ3n) is 3.64. The van der Waals surface area contributed by atoms with Crippen LogP contribution >= 0.6 is 12.2 Å². The van der Waals surface area contributed by atoms with Gasteiger partial charge in [-0.05, 0) is 36.0 Å². The SMILES string of the molecule is O=C(NC[C@@H](O)c1ccccc1)c1ccc2c(=O)[nH]c(=S)[nH]c2c1. The van der Waals surface area contributed by atoms with Gasteiger partial charge >= 0.3 is 0 Å². The minimum atomic E-state index is -0.788. The van der Waals surface area contributed by atoms with Gasteiger partial charge in [-0.3, -0.25) is 14.6 Å². The van der Waals surface area contributed by atoms with Crippen LogP contribution in [0.3, 0.4) is 0 Å². The zero-order valence-electron chi connectivity index (χ0n) is 12.6. The largest absolute Gasteiger partial charge is 0.387 e. The third-order valence-corrected chi connectivity index (χ3v) is 3.85. The Hall–Kier alpha value is -2.77. The fourth-order valence-electron chi connectivity index (χ4n) is 2.40. The molecule has 122 valence electrons. The number of aromatic nitrogens is 2. The smallest absolute Gasteiger partial charge is 0.259 e. The van der Waals surface area contributed by atoms with Crippen LogP contribution in [0.2, 0.25) is 0 Å². The van der Waals surface area contributed by atoms with E-state index in [4.69, 9.17) is 12.2 Å². The molecule has 3 rings (SSSR count). The molecule has 0 saturated heterocycles. The van der Waals surface area contributed by atoms with E-state index in [9.17, 15) is 14.7 Å². The van der Waals surface area contributed by atoms with Gasteiger partial charge in [0.1, 0.15) is 0 Å². The van der Waals surface area contributed by atoms with Crippen molar-refractivity contribution in [1.82, 2.24) is 15.3 Å². The summed E-state index contributed by atoms with van der Waals surface area (Å²) in [5.74, 6) is -0.341. The topological polar surface area (TPSA) is 98.0 Å². The van der Waals surface area contributed by atoms with Crippen molar-refractivity contribution in [1.29, 1.82) is 0 Å². The van der Waals surface area contributed by atoms with Crippen molar-refractivity contribution < 1.29 is 9.90 Å². The number of carbonyl (C=O) groups is 1. The first-order valence-corrected chi connectivity index (χ1v) is 7.73. The molecule has 2 aromatic carbocycles. The molecule has 0 radical (unpaired) electrons. The van der Waals surface area contributed by atoms with Crippen molar-refractivity contribution in [3.05, 3.63) is 74.8 Å². The summed E-state index contributed by atoms with van der Waals surface area (Å²) in [6, 6.07) is 13.8. The Kier molecular flexibility index (Phi) is 4.54. The van der Waals surface area contributed by atoms with Crippen LogP contribution in [0.4, 0.5) is 0 Å². The molecule has 0 aliphatic rings. The Morgan fingerprint density at radius 3 is 2.67 bits per heavy atom. The second-order valence-electron chi connectivity index (χ2n) is 5.31. The van der Waals surface area contributed by atoms with E-state index in [0.29, 0.717) is 16.5 Å². The van der Waals surface area contributed by atoms with Crippen LogP contribution in [0.25, 0.3) is 10.9 Å². The van der Waals surface area contributed by atoms with Gasteiger partial charge in [0.05, 0.1) is 17.0 Å². The van der Waals surface area contributed by atoms with Gasteiger partial charge in [0.2, 0.25) is 0 Å². The standard InChI is InChI=1S/C17H15N3O3S/c21-14(10-4-2-1-3-5-10)9-18-15(22)11-6-7-12-13(8-11)19-17(24)20-16(12)23/h1-8,14,21H,9H2,(H,18,22)(H2,19,20,23,24)/t14-/m1/s1. The van der Waals surface area contributed by atoms with E-state index in [1.807, 2.05) is 18.2 Å². The molecule has 0 unspecified atom stereocenters. The predicted octanol–water partition coefficient (Wildman–Crippen LogP) is 2.05. The van der Waals surface area contributed by atoms with E-state index in [2.05, 4.69) is 15.3 Å². The van der Waals surface area contributed by atoms with E-state index in [0.717, 1.165) is 5.56 Å². The summed E-state index contributed by atoms with van der Waals surface area (Å²) in [6.45, 7) is 0.0895. The average Bonchev–Trinajstić information content (AvgIpc) is 2.59. The summed E-state index contributed by atoms with van der Waals surface area (Å²) < 4.78 is 0.199. The lowest BCUT2D eigenvalue weighted by Gasteiger charge is -2.12. The van der Waals surface area contributed by atoms with Crippen molar-refractivity contribution in [2.24, 2.45) is 0 Å². The molecular formula is C17H15N3O3S. The number of benzene rings is 2. The van der Waals surface area contributed by atoms with E-state index in [1.165, 1.54) is 0 Å². The molecule has 1 aromatic heterocycles. The van der Waals surface area contributed by atoms with Crippen molar-refractivity contribution >= 4 is 29.0 Å². The lowest BCUT2D eigenvalue weighted by molar-refractivity contribution is 0.0916. The number of carbonyl (C=O) groups excluding carboxylic acids is 1. The normalized spacial score (nSPS) is 12.0. The summed E-state index contributed by atoms with van der Waals surface area (Å²) in [5.41, 5.74) is 1.28. The highest BCUT2D eigenvalue weighted by Crippen LogP contribution is 2.12. The maximum absolute atomic E-state index is 12.2. The fourth-order valence-corrected chi connectivity index (χ4v) is 2.60. The van der Waals surface area contributed by atoms with E-state index >= 15 is 0 Å². The van der Waals surface area contributed by atoms with Gasteiger partial charge in [-0.15, -0.1) is 0 Å². The molecule has 7 heteroatoms. The first-order chi connectivity index (χ1) is 11.5. The molecule has 4 N–H and O–H groups in total. The first-order valence-electron chi connectivity index (χ1n) is 7.32. The monoisotopic (exact) mass is 341 g/mol. The van der Waals surface area contributed by atoms with Gasteiger partial charge < -0.3 is 15.4 Å². The van der Waals surface area contributed by atoms with Crippen molar-refractivity contribution in [2.75, 3.05) is 6.54 Å². The number of aromatic amines is 2. The van der Waals surface area contributed by atoms with Gasteiger partial charge in [0.15, 0.2) is 4.77 Å². The lowest BCUT2D eigenvalue weighted by atomic mass is 10.1. The number of hydrogen-bond donors (Lipinski definition) is 4. The number of amides is 1. The molecule has 1 amide bonds. The molecule has 1 heterocycles. The van der Waals surface area contributed by atoms with Gasteiger partial charge in [-0.1, -0.05) is 30.3 Å². The number of rotatable bonds is 4. The molecule has 24 heavy (non-hydrogen) atoms. The zero-order valence-corrected chi connectivity index (χ0v) is 13.4. The van der Waals surface area contributed by atoms with E-state index in [-0.39, 0.29) is 22.8 Å². The molecule has 0 fully saturated rings. The molecule has 3 aromatic rings. The molecule has 1 atom stereocenters. The van der Waals surface area contributed by atoms with Crippen LogP contribution in [0.5, 0.6) is 0 Å². The second-order valence-corrected chi connectivity index (χ2v) is 5.71. The number of nitrogens with one attached hydrogen (secondary N) is 3. The Morgan fingerprint density at radius 1 is 1.17 bits per heavy atom. The highest BCUT2D eigenvalue weighted by Gasteiger charge is 2.11. The molecule has 0 bridgehead atoms. The van der Waals surface area contributed by atoms with Crippen LogP contribution in [-0.2, 0) is 0 Å². The molecular weight excluding hydrogens is 326 g/mol. The minimum Gasteiger partial charge on any atom is -0.387 e. The maximum Gasteiger partial charge on any atom is 0.259 e. The van der Waals surface area contributed by atoms with Crippen molar-refractivity contribution in [3.63, 3.8) is 0 Å². The number of hydrogen-bond acceptors (Lipinski definition) is 4. The number of H-pyrrole nitrogens is 2. The molecule has 6 nitrogen and oxygen atoms in total. The summed E-state index contributed by atoms with van der Waals surface area (Å²) in [5, 5.41) is 13.2. The van der Waals surface area contributed by atoms with Crippen molar-refractivity contribution in [3.8, 4) is 0 Å². The Morgan fingerprint density at radius 2 is 1.92 bits per heavy atom. The highest BCUT2D eigenvalue weighted by atomic mass is 32.1. The lowest BCUT2D eigenvalue weighted by Crippen LogP contribution is -2.28. The Labute approximate surface area is 142 Å². The minimum absolute atomic E-state index is 0.0895. The Balaban J connectivity index is 1.77. The summed E-state index contributed by atoms with van der Waals surface area (Å²) >= 11 is 4.93. The Bertz CT molecular complexity index is 995. The first kappa shape index (κ1) is 16.1. The van der Waals surface area contributed by atoms with Crippen LogP contribution in [0.15, 0.2) is 53.3 Å². The molecule has 0 aliphatic heterocycles. The fraction of sp³-hybridized carbons (Fsp3) is 0.118. The molecule has 0 spiro atoms. The maximum atomic E-state index is 12.2. The predicted molar refractivity (Wildman–Crippen MR) is 93.5 cm³/mol. The van der Waals surface area contributed by atoms with Gasteiger partial charge in [-0.2, -0.15) is 0 Å². The van der Waals surface area contributed by atoms with Crippen molar-refractivity contribution in [2.45, 2.75) is 6.10 Å². The van der Waals surface area contributed by atoms with Crippen LogP contribution < -0.4 is 10.9 Å². The van der Waals surface area contributed by atoms with Crippen LogP contribution in [-0.4, -0.2) is 27.5 Å². The van der Waals surface area contributed by atoms with Gasteiger partial charge in [0, 0.05) is 12.1 Å². The highest BCUT2D eigenvalue weighted by molar-refractivity contribution is 7.71. The van der Waals surface area contributed by atoms with E-state index < -0.39 is 6.10 Å². The van der Waals surface area contributed by atoms with Gasteiger partial charge in [0.25, 0.3) is 11.5 Å². The summed E-state index contributed by atoms with van der Waals surface area (Å²) in [6.07, 6.45) is -0.788. The van der Waals surface area contributed by atoms with Gasteiger partial charge in [-0.25, -0.2) is 0 Å². The number of aliphatic hydroxyl groups is 1. The average molecular weight is 341 g/mol. The number of aliphatic hydroxyl groups excluding tert-OH is 1. The number of fused-ring (bicyclic) bond motifs is 1. The summed E-state index contributed by atoms with van der Waals surface area (Å²) in [4.78, 5) is 29.4.